The molecule has 0 amide bonds. The van der Waals surface area contributed by atoms with Gasteiger partial charge in [-0.3, -0.25) is 4.79 Å². The third-order valence-electron chi connectivity index (χ3n) is 2.64. The predicted molar refractivity (Wildman–Crippen MR) is 59.2 cm³/mol. The van der Waals surface area contributed by atoms with Gasteiger partial charge < -0.3 is 5.73 Å². The molecule has 82 valence electrons. The molecule has 0 heterocycles. The summed E-state index contributed by atoms with van der Waals surface area (Å²) in [5, 5.41) is 0. The summed E-state index contributed by atoms with van der Waals surface area (Å²) in [5.74, 6) is -0.543. The Bertz CT molecular complexity index is 359. The second kappa shape index (κ2) is 4.91. The van der Waals surface area contributed by atoms with E-state index in [9.17, 15) is 9.18 Å². The molecule has 1 rings (SSSR count). The minimum Gasteiger partial charge on any atom is -0.396 e. The fourth-order valence-electron chi connectivity index (χ4n) is 1.58. The summed E-state index contributed by atoms with van der Waals surface area (Å²) in [7, 11) is 0. The molecule has 0 aliphatic carbocycles. The Kier molecular flexibility index (Phi) is 3.83. The van der Waals surface area contributed by atoms with E-state index >= 15 is 0 Å². The van der Waals surface area contributed by atoms with Crippen LogP contribution in [0.1, 0.15) is 37.0 Å². The number of anilines is 1. The number of halogens is 1. The first kappa shape index (κ1) is 11.7. The average Bonchev–Trinajstić information content (AvgIpc) is 2.23. The zero-order valence-electron chi connectivity index (χ0n) is 9.09. The summed E-state index contributed by atoms with van der Waals surface area (Å²) in [5.41, 5.74) is 5.84. The van der Waals surface area contributed by atoms with Gasteiger partial charge >= 0.3 is 0 Å². The lowest BCUT2D eigenvalue weighted by Gasteiger charge is -2.11. The van der Waals surface area contributed by atoms with Gasteiger partial charge in [-0.1, -0.05) is 13.8 Å². The van der Waals surface area contributed by atoms with Crippen molar-refractivity contribution in [1.82, 2.24) is 0 Å². The van der Waals surface area contributed by atoms with Gasteiger partial charge in [0.1, 0.15) is 5.82 Å². The van der Waals surface area contributed by atoms with Crippen molar-refractivity contribution in [1.29, 1.82) is 0 Å². The summed E-state index contributed by atoms with van der Waals surface area (Å²) in [6, 6.07) is 4.24. The number of benzene rings is 1. The SMILES string of the molecule is CCC(CC)C(=O)c1ccc(N)c(F)c1. The molecule has 0 aliphatic heterocycles. The van der Waals surface area contributed by atoms with Gasteiger partial charge in [0.05, 0.1) is 5.69 Å². The van der Waals surface area contributed by atoms with E-state index in [4.69, 9.17) is 5.73 Å². The first-order chi connectivity index (χ1) is 7.10. The second-order valence-electron chi connectivity index (χ2n) is 3.61. The quantitative estimate of drug-likeness (QED) is 0.611. The van der Waals surface area contributed by atoms with Crippen molar-refractivity contribution in [3.63, 3.8) is 0 Å². The Labute approximate surface area is 89.3 Å². The molecule has 1 aromatic rings. The average molecular weight is 209 g/mol. The van der Waals surface area contributed by atoms with E-state index in [0.29, 0.717) is 5.56 Å². The van der Waals surface area contributed by atoms with E-state index in [2.05, 4.69) is 0 Å². The van der Waals surface area contributed by atoms with Crippen LogP contribution in [-0.2, 0) is 0 Å². The van der Waals surface area contributed by atoms with E-state index in [-0.39, 0.29) is 17.4 Å². The highest BCUT2D eigenvalue weighted by molar-refractivity contribution is 5.98. The number of Topliss-reactive ketones (excluding diaryl/α,β-unsaturated/α-hetero) is 1. The fourth-order valence-corrected chi connectivity index (χ4v) is 1.58. The van der Waals surface area contributed by atoms with Crippen LogP contribution >= 0.6 is 0 Å². The van der Waals surface area contributed by atoms with Gasteiger partial charge in [0.25, 0.3) is 0 Å². The third kappa shape index (κ3) is 2.55. The molecule has 2 N–H and O–H groups in total. The fraction of sp³-hybridized carbons (Fsp3) is 0.417. The zero-order chi connectivity index (χ0) is 11.4. The molecule has 0 fully saturated rings. The first-order valence-corrected chi connectivity index (χ1v) is 5.19. The number of hydrogen-bond donors (Lipinski definition) is 1. The Morgan fingerprint density at radius 3 is 2.47 bits per heavy atom. The van der Waals surface area contributed by atoms with E-state index in [0.717, 1.165) is 12.8 Å². The number of hydrogen-bond acceptors (Lipinski definition) is 2. The van der Waals surface area contributed by atoms with Gasteiger partial charge in [-0.25, -0.2) is 4.39 Å². The standard InChI is InChI=1S/C12H16FNO/c1-3-8(4-2)12(15)9-5-6-11(14)10(13)7-9/h5-8H,3-4,14H2,1-2H3. The highest BCUT2D eigenvalue weighted by atomic mass is 19.1. The van der Waals surface area contributed by atoms with Crippen molar-refractivity contribution >= 4 is 11.5 Å². The number of nitrogens with two attached hydrogens (primary N) is 1. The number of rotatable bonds is 4. The first-order valence-electron chi connectivity index (χ1n) is 5.19. The Morgan fingerprint density at radius 2 is 2.00 bits per heavy atom. The third-order valence-corrected chi connectivity index (χ3v) is 2.64. The van der Waals surface area contributed by atoms with Crippen LogP contribution in [0.15, 0.2) is 18.2 Å². The van der Waals surface area contributed by atoms with Crippen LogP contribution in [0.3, 0.4) is 0 Å². The molecular weight excluding hydrogens is 193 g/mol. The summed E-state index contributed by atoms with van der Waals surface area (Å²) < 4.78 is 13.1. The minimum atomic E-state index is -0.521. The summed E-state index contributed by atoms with van der Waals surface area (Å²) in [6.07, 6.45) is 1.56. The summed E-state index contributed by atoms with van der Waals surface area (Å²) >= 11 is 0. The van der Waals surface area contributed by atoms with E-state index in [1.54, 1.807) is 6.07 Å². The van der Waals surface area contributed by atoms with E-state index in [1.807, 2.05) is 13.8 Å². The molecule has 1 aromatic carbocycles. The van der Waals surface area contributed by atoms with Crippen LogP contribution in [0.25, 0.3) is 0 Å². The van der Waals surface area contributed by atoms with Crippen molar-refractivity contribution in [2.45, 2.75) is 26.7 Å². The molecule has 3 heteroatoms. The van der Waals surface area contributed by atoms with Crippen LogP contribution in [-0.4, -0.2) is 5.78 Å². The number of carbonyl (C=O) groups excluding carboxylic acids is 1. The zero-order valence-corrected chi connectivity index (χ0v) is 9.09. The summed E-state index contributed by atoms with van der Waals surface area (Å²) in [6.45, 7) is 3.92. The monoisotopic (exact) mass is 209 g/mol. The van der Waals surface area contributed by atoms with E-state index < -0.39 is 5.82 Å². The molecule has 2 nitrogen and oxygen atoms in total. The van der Waals surface area contributed by atoms with Gasteiger partial charge in [-0.15, -0.1) is 0 Å². The molecule has 0 aromatic heterocycles. The van der Waals surface area contributed by atoms with Crippen molar-refractivity contribution in [2.75, 3.05) is 5.73 Å². The highest BCUT2D eigenvalue weighted by Crippen LogP contribution is 2.18. The molecule has 0 radical (unpaired) electrons. The summed E-state index contributed by atoms with van der Waals surface area (Å²) in [4.78, 5) is 11.9. The van der Waals surface area contributed by atoms with Crippen LogP contribution in [0.5, 0.6) is 0 Å². The van der Waals surface area contributed by atoms with Crippen LogP contribution in [0, 0.1) is 11.7 Å². The van der Waals surface area contributed by atoms with E-state index in [1.165, 1.54) is 12.1 Å². The molecule has 0 atom stereocenters. The molecule has 0 aliphatic rings. The van der Waals surface area contributed by atoms with Crippen LogP contribution in [0.2, 0.25) is 0 Å². The van der Waals surface area contributed by atoms with Gasteiger partial charge in [0.15, 0.2) is 5.78 Å². The van der Waals surface area contributed by atoms with Crippen molar-refractivity contribution in [2.24, 2.45) is 5.92 Å². The van der Waals surface area contributed by atoms with Crippen molar-refractivity contribution in [3.8, 4) is 0 Å². The minimum absolute atomic E-state index is 0.00102. The lowest BCUT2D eigenvalue weighted by atomic mass is 9.93. The topological polar surface area (TPSA) is 43.1 Å². The lowest BCUT2D eigenvalue weighted by molar-refractivity contribution is 0.0913. The smallest absolute Gasteiger partial charge is 0.166 e. The molecule has 0 unspecified atom stereocenters. The van der Waals surface area contributed by atoms with Gasteiger partial charge in [-0.2, -0.15) is 0 Å². The highest BCUT2D eigenvalue weighted by Gasteiger charge is 2.17. The number of nitrogen functional groups attached to an aromatic ring is 1. The molecular formula is C12H16FNO. The Morgan fingerprint density at radius 1 is 1.40 bits per heavy atom. The van der Waals surface area contributed by atoms with Gasteiger partial charge in [0.2, 0.25) is 0 Å². The Balaban J connectivity index is 2.96. The van der Waals surface area contributed by atoms with Crippen LogP contribution in [0.4, 0.5) is 10.1 Å². The molecule has 0 saturated heterocycles. The molecule has 0 bridgehead atoms. The van der Waals surface area contributed by atoms with Crippen molar-refractivity contribution < 1.29 is 9.18 Å². The maximum absolute atomic E-state index is 13.1. The molecule has 0 saturated carbocycles. The predicted octanol–water partition coefficient (Wildman–Crippen LogP) is 3.03. The van der Waals surface area contributed by atoms with Gasteiger partial charge in [0, 0.05) is 11.5 Å². The maximum atomic E-state index is 13.1. The normalized spacial score (nSPS) is 10.7. The Hall–Kier alpha value is -1.38. The number of ketones is 1. The lowest BCUT2D eigenvalue weighted by Crippen LogP contribution is -2.13. The maximum Gasteiger partial charge on any atom is 0.166 e. The number of carbonyl (C=O) groups is 1. The van der Waals surface area contributed by atoms with Gasteiger partial charge in [-0.05, 0) is 31.0 Å². The van der Waals surface area contributed by atoms with Crippen LogP contribution < -0.4 is 5.73 Å². The second-order valence-corrected chi connectivity index (χ2v) is 3.61. The molecule has 0 spiro atoms. The largest absolute Gasteiger partial charge is 0.396 e. The van der Waals surface area contributed by atoms with Crippen molar-refractivity contribution in [3.05, 3.63) is 29.6 Å². The molecule has 15 heavy (non-hydrogen) atoms.